The first-order valence-electron chi connectivity index (χ1n) is 8.68. The third kappa shape index (κ3) is 5.35. The zero-order chi connectivity index (χ0) is 19.8. The average Bonchev–Trinajstić information content (AvgIpc) is 2.95. The van der Waals surface area contributed by atoms with Crippen LogP contribution in [0.25, 0.3) is 6.08 Å². The molecule has 1 N–H and O–H groups in total. The molecule has 1 heterocycles. The number of esters is 1. The molecule has 142 valence electrons. The van der Waals surface area contributed by atoms with Gasteiger partial charge in [0.15, 0.2) is 18.1 Å². The molecule has 0 aromatic heterocycles. The second-order valence-electron chi connectivity index (χ2n) is 5.94. The lowest BCUT2D eigenvalue weighted by molar-refractivity contribution is -0.142. The molecule has 2 aromatic carbocycles. The van der Waals surface area contributed by atoms with Crippen LogP contribution in [0.5, 0.6) is 11.5 Å². The van der Waals surface area contributed by atoms with E-state index in [1.165, 1.54) is 12.1 Å². The molecular formula is C21H18N2O5. The summed E-state index contributed by atoms with van der Waals surface area (Å²) < 4.78 is 16.1. The molecule has 2 aromatic rings. The number of carbonyl (C=O) groups excluding carboxylic acids is 2. The molecule has 0 fully saturated rings. The first-order valence-corrected chi connectivity index (χ1v) is 8.68. The van der Waals surface area contributed by atoms with E-state index in [0.29, 0.717) is 36.0 Å². The number of anilines is 1. The van der Waals surface area contributed by atoms with Crippen LogP contribution in [-0.4, -0.2) is 31.7 Å². The fourth-order valence-electron chi connectivity index (χ4n) is 2.50. The predicted molar refractivity (Wildman–Crippen MR) is 102 cm³/mol. The third-order valence-corrected chi connectivity index (χ3v) is 3.80. The van der Waals surface area contributed by atoms with E-state index < -0.39 is 18.5 Å². The van der Waals surface area contributed by atoms with E-state index >= 15 is 0 Å². The predicted octanol–water partition coefficient (Wildman–Crippen LogP) is 2.91. The summed E-state index contributed by atoms with van der Waals surface area (Å²) in [5.41, 5.74) is 1.63. The van der Waals surface area contributed by atoms with Crippen molar-refractivity contribution in [1.29, 1.82) is 5.26 Å². The van der Waals surface area contributed by atoms with Crippen molar-refractivity contribution in [2.75, 3.05) is 25.1 Å². The number of nitriles is 1. The van der Waals surface area contributed by atoms with E-state index in [0.717, 1.165) is 12.0 Å². The van der Waals surface area contributed by atoms with Crippen molar-refractivity contribution in [3.63, 3.8) is 0 Å². The van der Waals surface area contributed by atoms with Crippen molar-refractivity contribution in [3.8, 4) is 17.6 Å². The topological polar surface area (TPSA) is 97.7 Å². The smallest absolute Gasteiger partial charge is 0.331 e. The lowest BCUT2D eigenvalue weighted by Crippen LogP contribution is -2.20. The molecule has 28 heavy (non-hydrogen) atoms. The van der Waals surface area contributed by atoms with Crippen LogP contribution < -0.4 is 14.8 Å². The molecule has 1 aliphatic rings. The fourth-order valence-corrected chi connectivity index (χ4v) is 2.50. The Morgan fingerprint density at radius 3 is 2.79 bits per heavy atom. The van der Waals surface area contributed by atoms with Gasteiger partial charge in [-0.1, -0.05) is 12.1 Å². The van der Waals surface area contributed by atoms with Gasteiger partial charge in [-0.2, -0.15) is 5.26 Å². The van der Waals surface area contributed by atoms with Crippen LogP contribution in [-0.2, 0) is 14.3 Å². The van der Waals surface area contributed by atoms with Crippen molar-refractivity contribution < 1.29 is 23.8 Å². The van der Waals surface area contributed by atoms with Crippen molar-refractivity contribution in [2.45, 2.75) is 6.42 Å². The van der Waals surface area contributed by atoms with Gasteiger partial charge in [0.2, 0.25) is 0 Å². The second-order valence-corrected chi connectivity index (χ2v) is 5.94. The van der Waals surface area contributed by atoms with Gasteiger partial charge in [0.05, 0.1) is 24.8 Å². The number of nitrogens with one attached hydrogen (secondary N) is 1. The van der Waals surface area contributed by atoms with Gasteiger partial charge < -0.3 is 19.5 Å². The van der Waals surface area contributed by atoms with Crippen molar-refractivity contribution in [3.05, 3.63) is 59.7 Å². The molecule has 0 atom stereocenters. The van der Waals surface area contributed by atoms with Gasteiger partial charge in [-0.3, -0.25) is 4.79 Å². The Kier molecular flexibility index (Phi) is 6.26. The first-order chi connectivity index (χ1) is 13.6. The summed E-state index contributed by atoms with van der Waals surface area (Å²) in [5, 5.41) is 11.4. The summed E-state index contributed by atoms with van der Waals surface area (Å²) in [6.45, 7) is 0.757. The Morgan fingerprint density at radius 1 is 1.14 bits per heavy atom. The lowest BCUT2D eigenvalue weighted by Gasteiger charge is -2.07. The van der Waals surface area contributed by atoms with Gasteiger partial charge in [0.1, 0.15) is 0 Å². The minimum absolute atomic E-state index is 0.424. The van der Waals surface area contributed by atoms with Gasteiger partial charge in [-0.15, -0.1) is 0 Å². The molecule has 0 saturated carbocycles. The van der Waals surface area contributed by atoms with Crippen LogP contribution in [0.2, 0.25) is 0 Å². The Morgan fingerprint density at radius 2 is 1.96 bits per heavy atom. The number of nitrogens with zero attached hydrogens (tertiary/aromatic N) is 1. The largest absolute Gasteiger partial charge is 0.490 e. The average molecular weight is 378 g/mol. The summed E-state index contributed by atoms with van der Waals surface area (Å²) in [7, 11) is 0. The normalized spacial score (nSPS) is 12.7. The highest BCUT2D eigenvalue weighted by Gasteiger charge is 2.10. The van der Waals surface area contributed by atoms with Crippen LogP contribution in [0.3, 0.4) is 0 Å². The van der Waals surface area contributed by atoms with Crippen LogP contribution in [0.15, 0.2) is 48.5 Å². The number of rotatable bonds is 5. The molecule has 1 aliphatic heterocycles. The number of benzene rings is 2. The van der Waals surface area contributed by atoms with E-state index in [1.54, 1.807) is 42.5 Å². The summed E-state index contributed by atoms with van der Waals surface area (Å²) in [5.74, 6) is 0.168. The number of fused-ring (bicyclic) bond motifs is 1. The lowest BCUT2D eigenvalue weighted by atomic mass is 10.2. The highest BCUT2D eigenvalue weighted by Crippen LogP contribution is 2.30. The maximum atomic E-state index is 11.9. The molecule has 7 heteroatoms. The molecule has 0 bridgehead atoms. The Labute approximate surface area is 162 Å². The SMILES string of the molecule is N#Cc1cccc(NC(=O)COC(=O)/C=C/c2ccc3c(c2)OCCCO3)c1. The van der Waals surface area contributed by atoms with Crippen LogP contribution in [0.4, 0.5) is 5.69 Å². The molecule has 0 aliphatic carbocycles. The highest BCUT2D eigenvalue weighted by atomic mass is 16.5. The van der Waals surface area contributed by atoms with Crippen molar-refractivity contribution in [1.82, 2.24) is 0 Å². The quantitative estimate of drug-likeness (QED) is 0.635. The number of hydrogen-bond acceptors (Lipinski definition) is 6. The molecule has 0 saturated heterocycles. The van der Waals surface area contributed by atoms with Gasteiger partial charge >= 0.3 is 5.97 Å². The van der Waals surface area contributed by atoms with E-state index in [4.69, 9.17) is 19.5 Å². The highest BCUT2D eigenvalue weighted by molar-refractivity contribution is 5.94. The van der Waals surface area contributed by atoms with E-state index in [9.17, 15) is 9.59 Å². The van der Waals surface area contributed by atoms with Crippen LogP contribution >= 0.6 is 0 Å². The molecule has 0 spiro atoms. The standard InChI is InChI=1S/C21H18N2O5/c22-13-16-3-1-4-17(11-16)23-20(24)14-28-21(25)8-6-15-5-7-18-19(12-15)27-10-2-9-26-18/h1,3-8,11-12H,2,9-10,14H2,(H,23,24)/b8-6+. The summed E-state index contributed by atoms with van der Waals surface area (Å²) in [6, 6.07) is 13.8. The van der Waals surface area contributed by atoms with Gasteiger partial charge in [0.25, 0.3) is 5.91 Å². The van der Waals surface area contributed by atoms with Gasteiger partial charge in [0, 0.05) is 18.2 Å². The summed E-state index contributed by atoms with van der Waals surface area (Å²) in [4.78, 5) is 23.7. The molecular weight excluding hydrogens is 360 g/mol. The van der Waals surface area contributed by atoms with E-state index in [2.05, 4.69) is 5.32 Å². The Hall–Kier alpha value is -3.79. The number of ether oxygens (including phenoxy) is 3. The number of amides is 1. The number of hydrogen-bond donors (Lipinski definition) is 1. The molecule has 1 amide bonds. The van der Waals surface area contributed by atoms with Crippen LogP contribution in [0.1, 0.15) is 17.5 Å². The van der Waals surface area contributed by atoms with Gasteiger partial charge in [-0.05, 0) is 42.0 Å². The van der Waals surface area contributed by atoms with E-state index in [1.807, 2.05) is 6.07 Å². The molecule has 0 radical (unpaired) electrons. The summed E-state index contributed by atoms with van der Waals surface area (Å²) >= 11 is 0. The van der Waals surface area contributed by atoms with E-state index in [-0.39, 0.29) is 0 Å². The summed E-state index contributed by atoms with van der Waals surface area (Å²) in [6.07, 6.45) is 3.63. The molecule has 7 nitrogen and oxygen atoms in total. The number of carbonyl (C=O) groups is 2. The zero-order valence-electron chi connectivity index (χ0n) is 15.0. The van der Waals surface area contributed by atoms with Crippen LogP contribution in [0, 0.1) is 11.3 Å². The minimum atomic E-state index is -0.645. The fraction of sp³-hybridized carbons (Fsp3) is 0.190. The third-order valence-electron chi connectivity index (χ3n) is 3.80. The van der Waals surface area contributed by atoms with Crippen molar-refractivity contribution in [2.24, 2.45) is 0 Å². The molecule has 0 unspecified atom stereocenters. The maximum absolute atomic E-state index is 11.9. The first kappa shape index (κ1) is 19.0. The Balaban J connectivity index is 1.50. The second kappa shape index (κ2) is 9.24. The molecule has 3 rings (SSSR count). The maximum Gasteiger partial charge on any atom is 0.331 e. The zero-order valence-corrected chi connectivity index (χ0v) is 15.0. The monoisotopic (exact) mass is 378 g/mol. The van der Waals surface area contributed by atoms with Crippen molar-refractivity contribution >= 4 is 23.6 Å². The van der Waals surface area contributed by atoms with Gasteiger partial charge in [-0.25, -0.2) is 4.79 Å². The minimum Gasteiger partial charge on any atom is -0.490 e. The Bertz CT molecular complexity index is 946.